The number of fused-ring (bicyclic) bond motifs is 1. The zero-order valence-electron chi connectivity index (χ0n) is 17.2. The number of anilines is 1. The summed E-state index contributed by atoms with van der Waals surface area (Å²) >= 11 is 0. The van der Waals surface area contributed by atoms with Gasteiger partial charge in [-0.3, -0.25) is 9.48 Å². The van der Waals surface area contributed by atoms with Gasteiger partial charge in [0.05, 0.1) is 12.1 Å². The SMILES string of the molecule is CC(C)c1ccc(NC(=O)c2nn(CCOc3ccccc3)c3ccccc23)cc1. The van der Waals surface area contributed by atoms with E-state index >= 15 is 0 Å². The summed E-state index contributed by atoms with van der Waals surface area (Å²) in [7, 11) is 0. The van der Waals surface area contributed by atoms with Crippen molar-refractivity contribution in [3.8, 4) is 5.75 Å². The highest BCUT2D eigenvalue weighted by Gasteiger charge is 2.17. The van der Waals surface area contributed by atoms with Crippen LogP contribution in [0.2, 0.25) is 0 Å². The Morgan fingerprint density at radius 1 is 0.967 bits per heavy atom. The van der Waals surface area contributed by atoms with Crippen LogP contribution in [-0.2, 0) is 6.54 Å². The van der Waals surface area contributed by atoms with Gasteiger partial charge in [0.15, 0.2) is 5.69 Å². The Kier molecular flexibility index (Phi) is 5.80. The van der Waals surface area contributed by atoms with Gasteiger partial charge in [-0.15, -0.1) is 0 Å². The molecule has 0 saturated carbocycles. The lowest BCUT2D eigenvalue weighted by molar-refractivity contribution is 0.102. The van der Waals surface area contributed by atoms with Crippen LogP contribution in [0, 0.1) is 0 Å². The van der Waals surface area contributed by atoms with E-state index in [2.05, 4.69) is 24.3 Å². The van der Waals surface area contributed by atoms with Gasteiger partial charge in [0, 0.05) is 11.1 Å². The predicted molar refractivity (Wildman–Crippen MR) is 120 cm³/mol. The first-order chi connectivity index (χ1) is 14.6. The Bertz CT molecular complexity index is 1130. The number of ether oxygens (including phenoxy) is 1. The van der Waals surface area contributed by atoms with Gasteiger partial charge in [0.1, 0.15) is 12.4 Å². The van der Waals surface area contributed by atoms with E-state index in [1.165, 1.54) is 5.56 Å². The number of rotatable bonds is 7. The molecule has 4 rings (SSSR count). The van der Waals surface area contributed by atoms with Gasteiger partial charge < -0.3 is 10.1 Å². The molecule has 0 fully saturated rings. The third-order valence-corrected chi connectivity index (χ3v) is 5.02. The Labute approximate surface area is 176 Å². The average molecular weight is 399 g/mol. The summed E-state index contributed by atoms with van der Waals surface area (Å²) < 4.78 is 7.62. The summed E-state index contributed by atoms with van der Waals surface area (Å²) in [5.74, 6) is 1.05. The van der Waals surface area contributed by atoms with E-state index in [0.717, 1.165) is 22.3 Å². The Hall–Kier alpha value is -3.60. The average Bonchev–Trinajstić information content (AvgIpc) is 3.14. The molecule has 0 bridgehead atoms. The molecule has 1 aromatic heterocycles. The largest absolute Gasteiger partial charge is 0.492 e. The van der Waals surface area contributed by atoms with Crippen molar-refractivity contribution in [2.24, 2.45) is 0 Å². The molecule has 0 aliphatic heterocycles. The minimum absolute atomic E-state index is 0.216. The van der Waals surface area contributed by atoms with E-state index in [1.54, 1.807) is 0 Å². The third-order valence-electron chi connectivity index (χ3n) is 5.02. The Balaban J connectivity index is 1.51. The molecule has 1 heterocycles. The van der Waals surface area contributed by atoms with Crippen molar-refractivity contribution in [1.29, 1.82) is 0 Å². The molecule has 0 unspecified atom stereocenters. The highest BCUT2D eigenvalue weighted by molar-refractivity contribution is 6.11. The van der Waals surface area contributed by atoms with Gasteiger partial charge in [-0.1, -0.05) is 62.4 Å². The quantitative estimate of drug-likeness (QED) is 0.447. The summed E-state index contributed by atoms with van der Waals surface area (Å²) in [5, 5.41) is 8.38. The van der Waals surface area contributed by atoms with Crippen molar-refractivity contribution in [2.45, 2.75) is 26.3 Å². The maximum absolute atomic E-state index is 12.9. The number of nitrogens with one attached hydrogen (secondary N) is 1. The van der Waals surface area contributed by atoms with Crippen LogP contribution in [0.15, 0.2) is 78.9 Å². The molecule has 5 heteroatoms. The van der Waals surface area contributed by atoms with Crippen LogP contribution in [0.1, 0.15) is 35.8 Å². The number of para-hydroxylation sites is 2. The number of nitrogens with zero attached hydrogens (tertiary/aromatic N) is 2. The Morgan fingerprint density at radius 3 is 2.40 bits per heavy atom. The van der Waals surface area contributed by atoms with Crippen molar-refractivity contribution in [2.75, 3.05) is 11.9 Å². The van der Waals surface area contributed by atoms with E-state index in [4.69, 9.17) is 4.74 Å². The van der Waals surface area contributed by atoms with Crippen molar-refractivity contribution in [3.05, 3.63) is 90.1 Å². The smallest absolute Gasteiger partial charge is 0.276 e. The maximum atomic E-state index is 12.9. The molecule has 0 spiro atoms. The zero-order valence-corrected chi connectivity index (χ0v) is 17.2. The van der Waals surface area contributed by atoms with Gasteiger partial charge in [-0.2, -0.15) is 5.10 Å². The lowest BCUT2D eigenvalue weighted by Crippen LogP contribution is -2.15. The van der Waals surface area contributed by atoms with Crippen LogP contribution in [0.4, 0.5) is 5.69 Å². The molecule has 1 N–H and O–H groups in total. The molecule has 4 aromatic rings. The number of aromatic nitrogens is 2. The minimum Gasteiger partial charge on any atom is -0.492 e. The van der Waals surface area contributed by atoms with Gasteiger partial charge in [-0.05, 0) is 41.8 Å². The van der Waals surface area contributed by atoms with Gasteiger partial charge in [-0.25, -0.2) is 0 Å². The fourth-order valence-electron chi connectivity index (χ4n) is 3.37. The monoisotopic (exact) mass is 399 g/mol. The molecular weight excluding hydrogens is 374 g/mol. The number of amides is 1. The second-order valence-corrected chi connectivity index (χ2v) is 7.48. The highest BCUT2D eigenvalue weighted by Crippen LogP contribution is 2.21. The summed E-state index contributed by atoms with van der Waals surface area (Å²) in [6, 6.07) is 25.4. The molecule has 0 aliphatic rings. The lowest BCUT2D eigenvalue weighted by Gasteiger charge is -2.08. The molecule has 30 heavy (non-hydrogen) atoms. The van der Waals surface area contributed by atoms with Crippen LogP contribution in [-0.4, -0.2) is 22.3 Å². The van der Waals surface area contributed by atoms with E-state index < -0.39 is 0 Å². The maximum Gasteiger partial charge on any atom is 0.276 e. The van der Waals surface area contributed by atoms with E-state index in [-0.39, 0.29) is 5.91 Å². The van der Waals surface area contributed by atoms with Crippen LogP contribution in [0.5, 0.6) is 5.75 Å². The fourth-order valence-corrected chi connectivity index (χ4v) is 3.37. The standard InChI is InChI=1S/C25H25N3O2/c1-18(2)19-12-14-20(15-13-19)26-25(29)24-22-10-6-7-11-23(22)28(27-24)16-17-30-21-8-4-3-5-9-21/h3-15,18H,16-17H2,1-2H3,(H,26,29). The fraction of sp³-hybridized carbons (Fsp3) is 0.200. The van der Waals surface area contributed by atoms with Gasteiger partial charge in [0.2, 0.25) is 0 Å². The third kappa shape index (κ3) is 4.35. The molecule has 0 saturated heterocycles. The second-order valence-electron chi connectivity index (χ2n) is 7.48. The van der Waals surface area contributed by atoms with Crippen molar-refractivity contribution in [3.63, 3.8) is 0 Å². The van der Waals surface area contributed by atoms with E-state index in [9.17, 15) is 4.79 Å². The first-order valence-corrected chi connectivity index (χ1v) is 10.2. The highest BCUT2D eigenvalue weighted by atomic mass is 16.5. The van der Waals surface area contributed by atoms with Crippen LogP contribution in [0.25, 0.3) is 10.9 Å². The number of hydrogen-bond donors (Lipinski definition) is 1. The van der Waals surface area contributed by atoms with Crippen molar-refractivity contribution in [1.82, 2.24) is 9.78 Å². The number of carbonyl (C=O) groups excluding carboxylic acids is 1. The molecule has 1 amide bonds. The molecule has 0 atom stereocenters. The summed E-state index contributed by atoms with van der Waals surface area (Å²) in [4.78, 5) is 12.9. The zero-order chi connectivity index (χ0) is 20.9. The number of carbonyl (C=O) groups is 1. The topological polar surface area (TPSA) is 56.2 Å². The lowest BCUT2D eigenvalue weighted by atomic mass is 10.0. The first-order valence-electron chi connectivity index (χ1n) is 10.2. The van der Waals surface area contributed by atoms with Crippen LogP contribution >= 0.6 is 0 Å². The second kappa shape index (κ2) is 8.82. The van der Waals surface area contributed by atoms with Gasteiger partial charge in [0.25, 0.3) is 5.91 Å². The number of benzene rings is 3. The van der Waals surface area contributed by atoms with E-state index in [1.807, 2.05) is 83.5 Å². The van der Waals surface area contributed by atoms with Gasteiger partial charge >= 0.3 is 0 Å². The van der Waals surface area contributed by atoms with Crippen molar-refractivity contribution >= 4 is 22.5 Å². The summed E-state index contributed by atoms with van der Waals surface area (Å²) in [6.45, 7) is 5.31. The van der Waals surface area contributed by atoms with Crippen LogP contribution < -0.4 is 10.1 Å². The summed E-state index contributed by atoms with van der Waals surface area (Å²) in [6.07, 6.45) is 0. The molecule has 0 aliphatic carbocycles. The molecule has 152 valence electrons. The van der Waals surface area contributed by atoms with Crippen molar-refractivity contribution < 1.29 is 9.53 Å². The number of hydrogen-bond acceptors (Lipinski definition) is 3. The van der Waals surface area contributed by atoms with Crippen LogP contribution in [0.3, 0.4) is 0 Å². The minimum atomic E-state index is -0.216. The summed E-state index contributed by atoms with van der Waals surface area (Å²) in [5.41, 5.74) is 3.32. The molecule has 5 nitrogen and oxygen atoms in total. The molecule has 3 aromatic carbocycles. The normalized spacial score (nSPS) is 11.0. The molecule has 0 radical (unpaired) electrons. The predicted octanol–water partition coefficient (Wildman–Crippen LogP) is 5.49. The Morgan fingerprint density at radius 2 is 1.67 bits per heavy atom. The molecular formula is C25H25N3O2. The first kappa shape index (κ1) is 19.7. The van der Waals surface area contributed by atoms with E-state index in [0.29, 0.717) is 24.8 Å².